The van der Waals surface area contributed by atoms with E-state index in [0.717, 1.165) is 45.8 Å². The van der Waals surface area contributed by atoms with Crippen LogP contribution in [0.2, 0.25) is 5.02 Å². The van der Waals surface area contributed by atoms with E-state index < -0.39 is 0 Å². The largest absolute Gasteiger partial charge is 0.315 e. The van der Waals surface area contributed by atoms with E-state index in [-0.39, 0.29) is 0 Å². The van der Waals surface area contributed by atoms with E-state index in [0.29, 0.717) is 0 Å². The smallest absolute Gasteiger partial charge is 0.188 e. The van der Waals surface area contributed by atoms with Crippen LogP contribution in [0.1, 0.15) is 12.8 Å². The van der Waals surface area contributed by atoms with Crippen molar-refractivity contribution in [2.45, 2.75) is 12.8 Å². The molecule has 0 amide bonds. The van der Waals surface area contributed by atoms with Gasteiger partial charge in [0.05, 0.1) is 11.4 Å². The molecule has 0 spiro atoms. The van der Waals surface area contributed by atoms with Gasteiger partial charge in [0, 0.05) is 28.2 Å². The zero-order valence-corrected chi connectivity index (χ0v) is 14.4. The number of anilines is 2. The number of hydrogen-bond acceptors (Lipinski definition) is 4. The molecule has 1 N–H and O–H groups in total. The number of aromatic nitrogens is 3. The Morgan fingerprint density at radius 1 is 1.12 bits per heavy atom. The molecule has 0 aliphatic heterocycles. The van der Waals surface area contributed by atoms with Crippen LogP contribution in [0.3, 0.4) is 0 Å². The fourth-order valence-corrected chi connectivity index (χ4v) is 3.35. The van der Waals surface area contributed by atoms with E-state index in [1.54, 1.807) is 11.3 Å². The van der Waals surface area contributed by atoms with Gasteiger partial charge < -0.3 is 5.32 Å². The first-order valence-corrected chi connectivity index (χ1v) is 8.95. The fourth-order valence-electron chi connectivity index (χ4n) is 2.50. The van der Waals surface area contributed by atoms with Crippen LogP contribution in [0.15, 0.2) is 60.1 Å². The molecular formula is C18H15ClN4S. The van der Waals surface area contributed by atoms with Crippen molar-refractivity contribution in [1.29, 1.82) is 0 Å². The van der Waals surface area contributed by atoms with E-state index in [9.17, 15) is 0 Å². The summed E-state index contributed by atoms with van der Waals surface area (Å²) in [4.78, 5) is 4.61. The lowest BCUT2D eigenvalue weighted by Crippen LogP contribution is -1.99. The maximum atomic E-state index is 5.93. The maximum absolute atomic E-state index is 5.93. The van der Waals surface area contributed by atoms with Crippen molar-refractivity contribution in [2.75, 3.05) is 5.32 Å². The molecular weight excluding hydrogens is 340 g/mol. The highest BCUT2D eigenvalue weighted by molar-refractivity contribution is 7.14. The lowest BCUT2D eigenvalue weighted by atomic mass is 10.1. The molecule has 4 nitrogen and oxygen atoms in total. The Balaban J connectivity index is 1.50. The summed E-state index contributed by atoms with van der Waals surface area (Å²) in [6, 6.07) is 9.63. The second kappa shape index (κ2) is 6.63. The molecule has 0 radical (unpaired) electrons. The lowest BCUT2D eigenvalue weighted by Gasteiger charge is -2.06. The predicted octanol–water partition coefficient (Wildman–Crippen LogP) is 5.59. The van der Waals surface area contributed by atoms with Crippen LogP contribution in [0, 0.1) is 0 Å². The Labute approximate surface area is 149 Å². The van der Waals surface area contributed by atoms with Crippen LogP contribution in [0.4, 0.5) is 10.9 Å². The summed E-state index contributed by atoms with van der Waals surface area (Å²) in [5.41, 5.74) is 3.08. The minimum Gasteiger partial charge on any atom is -0.315 e. The summed E-state index contributed by atoms with van der Waals surface area (Å²) < 4.78 is 1.88. The van der Waals surface area contributed by atoms with Crippen LogP contribution in [-0.4, -0.2) is 14.8 Å². The van der Waals surface area contributed by atoms with Gasteiger partial charge >= 0.3 is 0 Å². The molecule has 0 bridgehead atoms. The summed E-state index contributed by atoms with van der Waals surface area (Å²) >= 11 is 7.48. The Morgan fingerprint density at radius 3 is 2.79 bits per heavy atom. The number of nitrogens with one attached hydrogen (secondary N) is 1. The number of nitrogens with zero attached hydrogens (tertiary/aromatic N) is 3. The summed E-state index contributed by atoms with van der Waals surface area (Å²) in [7, 11) is 0. The quantitative estimate of drug-likeness (QED) is 0.663. The highest BCUT2D eigenvalue weighted by atomic mass is 35.5. The SMILES string of the molecule is Clc1ccc(-c2csc(Nc3ccn(C4=CCCC=C4)n3)n2)cc1. The number of benzene rings is 1. The first kappa shape index (κ1) is 15.2. The normalized spacial score (nSPS) is 13.8. The number of allylic oxidation sites excluding steroid dienone is 4. The predicted molar refractivity (Wildman–Crippen MR) is 101 cm³/mol. The molecule has 0 saturated carbocycles. The highest BCUT2D eigenvalue weighted by Gasteiger charge is 2.08. The summed E-state index contributed by atoms with van der Waals surface area (Å²) in [6.45, 7) is 0. The lowest BCUT2D eigenvalue weighted by molar-refractivity contribution is 0.892. The van der Waals surface area contributed by atoms with E-state index >= 15 is 0 Å². The van der Waals surface area contributed by atoms with Crippen LogP contribution < -0.4 is 5.32 Å². The zero-order valence-electron chi connectivity index (χ0n) is 12.8. The fraction of sp³-hybridized carbons (Fsp3) is 0.111. The molecule has 1 aromatic carbocycles. The van der Waals surface area contributed by atoms with Gasteiger partial charge in [0.25, 0.3) is 0 Å². The minimum absolute atomic E-state index is 0.726. The monoisotopic (exact) mass is 354 g/mol. The van der Waals surface area contributed by atoms with Gasteiger partial charge in [-0.15, -0.1) is 11.3 Å². The van der Waals surface area contributed by atoms with E-state index in [1.165, 1.54) is 0 Å². The second-order valence-corrected chi connectivity index (χ2v) is 6.72. The molecule has 0 atom stereocenters. The van der Waals surface area contributed by atoms with E-state index in [4.69, 9.17) is 11.6 Å². The Morgan fingerprint density at radius 2 is 2.00 bits per heavy atom. The summed E-state index contributed by atoms with van der Waals surface area (Å²) in [6.07, 6.45) is 10.6. The first-order chi connectivity index (χ1) is 11.8. The molecule has 0 saturated heterocycles. The third-order valence-corrected chi connectivity index (χ3v) is 4.72. The van der Waals surface area contributed by atoms with Crippen molar-refractivity contribution in [1.82, 2.24) is 14.8 Å². The average molecular weight is 355 g/mol. The molecule has 1 aliphatic carbocycles. The van der Waals surface area contributed by atoms with Crippen molar-refractivity contribution >= 4 is 39.6 Å². The standard InChI is InChI=1S/C18H15ClN4S/c19-14-8-6-13(7-9-14)16-12-24-18(20-16)21-17-10-11-23(22-17)15-4-2-1-3-5-15/h2,4-12H,1,3H2,(H,20,21,22). The Hall–Kier alpha value is -2.37. The van der Waals surface area contributed by atoms with Crippen molar-refractivity contribution in [3.63, 3.8) is 0 Å². The Bertz CT molecular complexity index is 905. The highest BCUT2D eigenvalue weighted by Crippen LogP contribution is 2.27. The first-order valence-electron chi connectivity index (χ1n) is 7.69. The number of rotatable bonds is 4. The van der Waals surface area contributed by atoms with Crippen molar-refractivity contribution in [3.05, 3.63) is 65.2 Å². The van der Waals surface area contributed by atoms with Gasteiger partial charge in [0.15, 0.2) is 10.9 Å². The number of hydrogen-bond donors (Lipinski definition) is 1. The third kappa shape index (κ3) is 3.27. The van der Waals surface area contributed by atoms with Gasteiger partial charge in [0.1, 0.15) is 0 Å². The van der Waals surface area contributed by atoms with Gasteiger partial charge in [-0.3, -0.25) is 0 Å². The number of halogens is 1. The second-order valence-electron chi connectivity index (χ2n) is 5.42. The van der Waals surface area contributed by atoms with E-state index in [1.807, 2.05) is 46.6 Å². The topological polar surface area (TPSA) is 42.7 Å². The van der Waals surface area contributed by atoms with Gasteiger partial charge in [-0.2, -0.15) is 5.10 Å². The van der Waals surface area contributed by atoms with Gasteiger partial charge in [-0.05, 0) is 31.1 Å². The molecule has 2 aromatic heterocycles. The molecule has 6 heteroatoms. The molecule has 3 aromatic rings. The molecule has 2 heterocycles. The average Bonchev–Trinajstić information content (AvgIpc) is 3.27. The molecule has 0 fully saturated rings. The number of thiazole rings is 1. The molecule has 24 heavy (non-hydrogen) atoms. The van der Waals surface area contributed by atoms with Crippen molar-refractivity contribution in [2.24, 2.45) is 0 Å². The molecule has 120 valence electrons. The van der Waals surface area contributed by atoms with Gasteiger partial charge in [0.2, 0.25) is 0 Å². The summed E-state index contributed by atoms with van der Waals surface area (Å²) in [5, 5.41) is 11.4. The Kier molecular flexibility index (Phi) is 4.19. The van der Waals surface area contributed by atoms with Crippen LogP contribution in [0.25, 0.3) is 17.0 Å². The van der Waals surface area contributed by atoms with Crippen molar-refractivity contribution in [3.8, 4) is 11.3 Å². The van der Waals surface area contributed by atoms with Crippen LogP contribution in [0.5, 0.6) is 0 Å². The van der Waals surface area contributed by atoms with Crippen LogP contribution >= 0.6 is 22.9 Å². The third-order valence-electron chi connectivity index (χ3n) is 3.71. The van der Waals surface area contributed by atoms with Gasteiger partial charge in [-0.1, -0.05) is 35.9 Å². The minimum atomic E-state index is 0.726. The molecule has 1 aliphatic rings. The molecule has 0 unspecified atom stereocenters. The zero-order chi connectivity index (χ0) is 16.4. The van der Waals surface area contributed by atoms with Gasteiger partial charge in [-0.25, -0.2) is 9.67 Å². The van der Waals surface area contributed by atoms with Crippen LogP contribution in [-0.2, 0) is 0 Å². The molecule has 4 rings (SSSR count). The van der Waals surface area contributed by atoms with E-state index in [2.05, 4.69) is 33.6 Å². The van der Waals surface area contributed by atoms with Crippen molar-refractivity contribution < 1.29 is 0 Å². The maximum Gasteiger partial charge on any atom is 0.188 e. The summed E-state index contributed by atoms with van der Waals surface area (Å²) in [5.74, 6) is 0.784.